The zero-order valence-corrected chi connectivity index (χ0v) is 11.8. The second-order valence-electron chi connectivity index (χ2n) is 3.85. The third kappa shape index (κ3) is 12.3. The van der Waals surface area contributed by atoms with E-state index >= 15 is 0 Å². The Morgan fingerprint density at radius 3 is 1.69 bits per heavy atom. The fraction of sp³-hybridized carbons (Fsp3) is 1.00. The van der Waals surface area contributed by atoms with Crippen LogP contribution in [0.4, 0.5) is 0 Å². The van der Waals surface area contributed by atoms with Crippen molar-refractivity contribution in [1.82, 2.24) is 0 Å². The summed E-state index contributed by atoms with van der Waals surface area (Å²) in [4.78, 5) is 0. The van der Waals surface area contributed by atoms with Crippen molar-refractivity contribution in [2.24, 2.45) is 11.5 Å². The van der Waals surface area contributed by atoms with Crippen LogP contribution in [0.15, 0.2) is 0 Å². The molecular formula is C8H24N2OSi2. The molecule has 0 spiro atoms. The Kier molecular flexibility index (Phi) is 9.11. The minimum absolute atomic E-state index is 0.235. The van der Waals surface area contributed by atoms with Crippen molar-refractivity contribution < 1.29 is 4.12 Å². The normalized spacial score (nSPS) is 17.5. The predicted molar refractivity (Wildman–Crippen MR) is 64.3 cm³/mol. The summed E-state index contributed by atoms with van der Waals surface area (Å²) < 4.78 is 5.70. The van der Waals surface area contributed by atoms with Crippen LogP contribution in [0, 0.1) is 0 Å². The average molecular weight is 220 g/mol. The van der Waals surface area contributed by atoms with Crippen molar-refractivity contribution in [2.45, 2.75) is 50.9 Å². The van der Waals surface area contributed by atoms with Gasteiger partial charge in [0.05, 0.1) is 0 Å². The van der Waals surface area contributed by atoms with Crippen LogP contribution in [0.5, 0.6) is 0 Å². The highest BCUT2D eigenvalue weighted by Crippen LogP contribution is 1.96. The summed E-state index contributed by atoms with van der Waals surface area (Å²) in [5.41, 5.74) is 11.3. The molecule has 0 bridgehead atoms. The van der Waals surface area contributed by atoms with Crippen LogP contribution >= 0.6 is 0 Å². The van der Waals surface area contributed by atoms with E-state index in [1.54, 1.807) is 0 Å². The summed E-state index contributed by atoms with van der Waals surface area (Å²) in [6.07, 6.45) is 2.27. The Bertz CT molecular complexity index is 100. The number of hydrogen-bond acceptors (Lipinski definition) is 3. The predicted octanol–water partition coefficient (Wildman–Crippen LogP) is -0.518. The van der Waals surface area contributed by atoms with Crippen molar-refractivity contribution in [1.29, 1.82) is 0 Å². The van der Waals surface area contributed by atoms with Crippen LogP contribution in [0.1, 0.15) is 26.7 Å². The molecule has 13 heavy (non-hydrogen) atoms. The Labute approximate surface area is 86.5 Å². The maximum atomic E-state index is 5.70. The van der Waals surface area contributed by atoms with Crippen LogP contribution in [0.3, 0.4) is 0 Å². The summed E-state index contributed by atoms with van der Waals surface area (Å²) in [7, 11) is -0.471. The van der Waals surface area contributed by atoms with E-state index in [9.17, 15) is 0 Å². The van der Waals surface area contributed by atoms with Gasteiger partial charge in [0, 0.05) is 12.1 Å². The molecule has 80 valence electrons. The molecule has 0 aliphatic heterocycles. The topological polar surface area (TPSA) is 61.3 Å². The first kappa shape index (κ1) is 13.3. The third-order valence-electron chi connectivity index (χ3n) is 1.90. The van der Waals surface area contributed by atoms with Gasteiger partial charge in [-0.3, -0.25) is 0 Å². The molecule has 2 atom stereocenters. The zero-order chi connectivity index (χ0) is 10.1. The van der Waals surface area contributed by atoms with Gasteiger partial charge in [-0.25, -0.2) is 0 Å². The molecule has 0 amide bonds. The van der Waals surface area contributed by atoms with Gasteiger partial charge in [-0.15, -0.1) is 0 Å². The molecule has 0 saturated heterocycles. The van der Waals surface area contributed by atoms with Crippen molar-refractivity contribution in [3.05, 3.63) is 0 Å². The van der Waals surface area contributed by atoms with E-state index in [0.717, 1.165) is 12.8 Å². The van der Waals surface area contributed by atoms with E-state index in [0.29, 0.717) is 12.1 Å². The van der Waals surface area contributed by atoms with Gasteiger partial charge in [0.2, 0.25) is 0 Å². The molecule has 5 heteroatoms. The molecule has 2 unspecified atom stereocenters. The van der Waals surface area contributed by atoms with Gasteiger partial charge in [-0.2, -0.15) is 0 Å². The summed E-state index contributed by atoms with van der Waals surface area (Å²) >= 11 is 0. The van der Waals surface area contributed by atoms with Gasteiger partial charge < -0.3 is 15.6 Å². The van der Waals surface area contributed by atoms with Gasteiger partial charge in [0.1, 0.15) is 19.5 Å². The fourth-order valence-electron chi connectivity index (χ4n) is 1.12. The van der Waals surface area contributed by atoms with Gasteiger partial charge >= 0.3 is 0 Å². The van der Waals surface area contributed by atoms with Gasteiger partial charge in [-0.05, 0) is 38.8 Å². The van der Waals surface area contributed by atoms with Crippen LogP contribution in [-0.4, -0.2) is 31.6 Å². The van der Waals surface area contributed by atoms with Crippen LogP contribution in [-0.2, 0) is 4.12 Å². The summed E-state index contributed by atoms with van der Waals surface area (Å²) in [6, 6.07) is 3.18. The van der Waals surface area contributed by atoms with Crippen LogP contribution < -0.4 is 11.5 Å². The maximum Gasteiger partial charge on any atom is 0.146 e. The highest BCUT2D eigenvalue weighted by molar-refractivity contribution is 6.42. The lowest BCUT2D eigenvalue weighted by Crippen LogP contribution is -2.17. The van der Waals surface area contributed by atoms with Gasteiger partial charge in [-0.1, -0.05) is 0 Å². The molecule has 0 rings (SSSR count). The molecule has 3 nitrogen and oxygen atoms in total. The monoisotopic (exact) mass is 220 g/mol. The third-order valence-corrected chi connectivity index (χ3v) is 5.60. The van der Waals surface area contributed by atoms with E-state index in [2.05, 4.69) is 13.8 Å². The van der Waals surface area contributed by atoms with Crippen LogP contribution in [0.25, 0.3) is 0 Å². The first-order valence-corrected chi connectivity index (χ1v) is 8.37. The number of nitrogens with two attached hydrogens (primary N) is 2. The molecule has 0 radical (unpaired) electrons. The minimum atomic E-state index is -0.235. The molecule has 0 fully saturated rings. The second kappa shape index (κ2) is 8.89. The first-order valence-electron chi connectivity index (χ1n) is 5.22. The van der Waals surface area contributed by atoms with Crippen molar-refractivity contribution in [3.8, 4) is 0 Å². The van der Waals surface area contributed by atoms with Crippen molar-refractivity contribution >= 4 is 19.5 Å². The fourth-order valence-corrected chi connectivity index (χ4v) is 5.19. The van der Waals surface area contributed by atoms with E-state index in [1.807, 2.05) is 0 Å². The minimum Gasteiger partial charge on any atom is -0.465 e. The zero-order valence-electron chi connectivity index (χ0n) is 8.96. The highest BCUT2D eigenvalue weighted by atomic mass is 28.3. The molecule has 0 saturated carbocycles. The maximum absolute atomic E-state index is 5.70. The highest BCUT2D eigenvalue weighted by Gasteiger charge is 1.97. The molecule has 0 aromatic rings. The SMILES string of the molecule is CC(N)CC[SiH2]O[SiH2]CCC(C)N. The average Bonchev–Trinajstić information content (AvgIpc) is 2.01. The first-order chi connectivity index (χ1) is 6.13. The van der Waals surface area contributed by atoms with Gasteiger partial charge in [0.25, 0.3) is 0 Å². The van der Waals surface area contributed by atoms with Crippen LogP contribution in [0.2, 0.25) is 12.1 Å². The lowest BCUT2D eigenvalue weighted by atomic mass is 10.3. The molecular weight excluding hydrogens is 196 g/mol. The molecule has 0 aromatic carbocycles. The molecule has 0 aliphatic carbocycles. The standard InChI is InChI=1S/C8H24N2OSi2/c1-7(9)3-5-12-11-13-6-4-8(2)10/h7-8H,3-6,9-10,12-13H2,1-2H3. The molecule has 0 aromatic heterocycles. The van der Waals surface area contributed by atoms with E-state index in [4.69, 9.17) is 15.6 Å². The lowest BCUT2D eigenvalue weighted by molar-refractivity contribution is 0.602. The largest absolute Gasteiger partial charge is 0.465 e. The Hall–Kier alpha value is 0.314. The summed E-state index contributed by atoms with van der Waals surface area (Å²) in [5, 5.41) is 0. The Balaban J connectivity index is 2.92. The van der Waals surface area contributed by atoms with Crippen molar-refractivity contribution in [3.63, 3.8) is 0 Å². The van der Waals surface area contributed by atoms with E-state index < -0.39 is 0 Å². The molecule has 0 aliphatic rings. The van der Waals surface area contributed by atoms with Gasteiger partial charge in [0.15, 0.2) is 0 Å². The lowest BCUT2D eigenvalue weighted by Gasteiger charge is -2.06. The Morgan fingerprint density at radius 1 is 1.00 bits per heavy atom. The summed E-state index contributed by atoms with van der Waals surface area (Å²) in [5.74, 6) is 0. The molecule has 0 heterocycles. The van der Waals surface area contributed by atoms with E-state index in [1.165, 1.54) is 12.1 Å². The molecule has 4 N–H and O–H groups in total. The Morgan fingerprint density at radius 2 is 1.38 bits per heavy atom. The summed E-state index contributed by atoms with van der Waals surface area (Å²) in [6.45, 7) is 4.11. The quantitative estimate of drug-likeness (QED) is 0.427. The number of rotatable bonds is 8. The van der Waals surface area contributed by atoms with E-state index in [-0.39, 0.29) is 19.5 Å². The van der Waals surface area contributed by atoms with Crippen molar-refractivity contribution in [2.75, 3.05) is 0 Å². The smallest absolute Gasteiger partial charge is 0.146 e. The second-order valence-corrected chi connectivity index (χ2v) is 7.72. The number of hydrogen-bond donors (Lipinski definition) is 2.